The molecule has 1 aromatic carbocycles. The number of aliphatic hydroxyl groups excluding tert-OH is 1. The monoisotopic (exact) mass is 394 g/mol. The van der Waals surface area contributed by atoms with E-state index in [0.29, 0.717) is 42.7 Å². The fourth-order valence-corrected chi connectivity index (χ4v) is 3.17. The van der Waals surface area contributed by atoms with Crippen LogP contribution < -0.4 is 4.74 Å². The number of hydrogen-bond donors (Lipinski definition) is 1. The van der Waals surface area contributed by atoms with Crippen molar-refractivity contribution in [2.24, 2.45) is 0 Å². The molecule has 1 unspecified atom stereocenters. The minimum Gasteiger partial charge on any atom is -0.473 e. The highest BCUT2D eigenvalue weighted by atomic mass is 16.5. The van der Waals surface area contributed by atoms with Crippen molar-refractivity contribution in [2.45, 2.75) is 38.5 Å². The van der Waals surface area contributed by atoms with Crippen molar-refractivity contribution in [1.29, 1.82) is 0 Å². The van der Waals surface area contributed by atoms with E-state index in [1.54, 1.807) is 17.2 Å². The third kappa shape index (κ3) is 4.78. The molecule has 0 aliphatic carbocycles. The Morgan fingerprint density at radius 1 is 1.17 bits per heavy atom. The number of benzene rings is 1. The first-order chi connectivity index (χ1) is 14.2. The van der Waals surface area contributed by atoms with Gasteiger partial charge in [-0.05, 0) is 30.9 Å². The van der Waals surface area contributed by atoms with E-state index in [9.17, 15) is 9.90 Å². The topological polar surface area (TPSA) is 102 Å². The summed E-state index contributed by atoms with van der Waals surface area (Å²) in [4.78, 5) is 22.4. The van der Waals surface area contributed by atoms with Gasteiger partial charge >= 0.3 is 0 Å². The Morgan fingerprint density at radius 3 is 2.83 bits per heavy atom. The summed E-state index contributed by atoms with van der Waals surface area (Å²) in [5, 5.41) is 13.8. The fraction of sp³-hybridized carbons (Fsp3) is 0.333. The van der Waals surface area contributed by atoms with Gasteiger partial charge < -0.3 is 19.3 Å². The van der Waals surface area contributed by atoms with E-state index in [1.165, 1.54) is 0 Å². The van der Waals surface area contributed by atoms with Crippen LogP contribution >= 0.6 is 0 Å². The summed E-state index contributed by atoms with van der Waals surface area (Å²) in [7, 11) is 0. The number of carbonyl (C=O) groups excluding carboxylic acids is 1. The van der Waals surface area contributed by atoms with Gasteiger partial charge in [0.25, 0.3) is 5.91 Å². The van der Waals surface area contributed by atoms with Crippen LogP contribution in [0.2, 0.25) is 0 Å². The molecule has 3 heterocycles. The smallest absolute Gasteiger partial charge is 0.251 e. The Bertz CT molecular complexity index is 943. The average molecular weight is 394 g/mol. The van der Waals surface area contributed by atoms with E-state index in [-0.39, 0.29) is 12.5 Å². The summed E-state index contributed by atoms with van der Waals surface area (Å²) in [6, 6.07) is 13.4. The normalized spacial score (nSPS) is 17.2. The van der Waals surface area contributed by atoms with Gasteiger partial charge in [-0.3, -0.25) is 4.79 Å². The van der Waals surface area contributed by atoms with Crippen molar-refractivity contribution in [2.75, 3.05) is 6.54 Å². The lowest BCUT2D eigenvalue weighted by Gasteiger charge is -2.19. The number of nitrogens with zero attached hydrogens (tertiary/aromatic N) is 4. The first-order valence-corrected chi connectivity index (χ1v) is 9.61. The molecule has 1 N–H and O–H groups in total. The van der Waals surface area contributed by atoms with Crippen LogP contribution in [0.1, 0.15) is 30.7 Å². The van der Waals surface area contributed by atoms with E-state index in [1.807, 2.05) is 36.4 Å². The molecule has 0 spiro atoms. The maximum atomic E-state index is 12.2. The number of amides is 1. The van der Waals surface area contributed by atoms with Gasteiger partial charge in [0.1, 0.15) is 19.3 Å². The maximum Gasteiger partial charge on any atom is 0.251 e. The van der Waals surface area contributed by atoms with Crippen LogP contribution in [0.25, 0.3) is 11.4 Å². The van der Waals surface area contributed by atoms with E-state index < -0.39 is 6.10 Å². The van der Waals surface area contributed by atoms with Crippen LogP contribution in [0.5, 0.6) is 5.88 Å². The molecule has 0 saturated carbocycles. The molecule has 8 heteroatoms. The molecule has 29 heavy (non-hydrogen) atoms. The Hall–Kier alpha value is -3.26. The number of rotatable bonds is 6. The first kappa shape index (κ1) is 19.1. The number of aromatic nitrogens is 3. The molecule has 1 saturated heterocycles. The average Bonchev–Trinajstić information content (AvgIpc) is 3.17. The second kappa shape index (κ2) is 8.83. The maximum absolute atomic E-state index is 12.2. The number of likely N-dealkylation sites (tertiary alicyclic amines) is 1. The minimum absolute atomic E-state index is 0.189. The minimum atomic E-state index is -0.951. The molecule has 1 fully saturated rings. The van der Waals surface area contributed by atoms with Crippen molar-refractivity contribution in [3.05, 3.63) is 60.1 Å². The standard InChI is InChI=1S/C21H22N4O4/c26-17-8-4-5-11-25(21(17)27)13-19-23-20(24-29-19)16-9-10-18(22-12-16)28-14-15-6-2-1-3-7-15/h1-3,6-7,9-10,12,17,26H,4-5,8,11,13-14H2. The van der Waals surface area contributed by atoms with Gasteiger partial charge in [-0.15, -0.1) is 0 Å². The number of carbonyl (C=O) groups is 1. The van der Waals surface area contributed by atoms with Crippen LogP contribution in [0.3, 0.4) is 0 Å². The predicted molar refractivity (Wildman–Crippen MR) is 104 cm³/mol. The van der Waals surface area contributed by atoms with Gasteiger partial charge in [0.15, 0.2) is 0 Å². The molecule has 8 nitrogen and oxygen atoms in total. The van der Waals surface area contributed by atoms with Crippen LogP contribution in [-0.4, -0.2) is 43.7 Å². The van der Waals surface area contributed by atoms with E-state index in [2.05, 4.69) is 15.1 Å². The van der Waals surface area contributed by atoms with Crippen molar-refractivity contribution in [3.63, 3.8) is 0 Å². The lowest BCUT2D eigenvalue weighted by atomic mass is 10.2. The molecule has 1 atom stereocenters. The zero-order valence-corrected chi connectivity index (χ0v) is 15.9. The third-order valence-corrected chi connectivity index (χ3v) is 4.77. The largest absolute Gasteiger partial charge is 0.473 e. The molecule has 3 aromatic rings. The second-order valence-electron chi connectivity index (χ2n) is 6.94. The van der Waals surface area contributed by atoms with Crippen molar-refractivity contribution >= 4 is 5.91 Å². The molecule has 2 aromatic heterocycles. The summed E-state index contributed by atoms with van der Waals surface area (Å²) >= 11 is 0. The van der Waals surface area contributed by atoms with E-state index in [0.717, 1.165) is 18.4 Å². The van der Waals surface area contributed by atoms with Crippen LogP contribution in [0.15, 0.2) is 53.2 Å². The molecule has 4 rings (SSSR count). The summed E-state index contributed by atoms with van der Waals surface area (Å²) in [5.74, 6) is 0.936. The highest BCUT2D eigenvalue weighted by Gasteiger charge is 2.26. The SMILES string of the molecule is O=C1C(O)CCCCN1Cc1nc(-c2ccc(OCc3ccccc3)nc2)no1. The zero-order valence-electron chi connectivity index (χ0n) is 15.9. The molecular weight excluding hydrogens is 372 g/mol. The van der Waals surface area contributed by atoms with Crippen molar-refractivity contribution < 1.29 is 19.2 Å². The lowest BCUT2D eigenvalue weighted by Crippen LogP contribution is -2.37. The van der Waals surface area contributed by atoms with Crippen LogP contribution in [-0.2, 0) is 17.9 Å². The summed E-state index contributed by atoms with van der Waals surface area (Å²) < 4.78 is 11.0. The molecule has 1 aliphatic rings. The lowest BCUT2D eigenvalue weighted by molar-refractivity contribution is -0.140. The second-order valence-corrected chi connectivity index (χ2v) is 6.94. The summed E-state index contributed by atoms with van der Waals surface area (Å²) in [6.07, 6.45) is 2.83. The molecular formula is C21H22N4O4. The molecule has 0 radical (unpaired) electrons. The molecule has 1 amide bonds. The highest BCUT2D eigenvalue weighted by molar-refractivity contribution is 5.80. The van der Waals surface area contributed by atoms with Gasteiger partial charge in [0.2, 0.25) is 17.6 Å². The molecule has 0 bridgehead atoms. The highest BCUT2D eigenvalue weighted by Crippen LogP contribution is 2.20. The van der Waals surface area contributed by atoms with Gasteiger partial charge in [-0.25, -0.2) is 4.98 Å². The van der Waals surface area contributed by atoms with Crippen molar-refractivity contribution in [1.82, 2.24) is 20.0 Å². The third-order valence-electron chi connectivity index (χ3n) is 4.77. The quantitative estimate of drug-likeness (QED) is 0.686. The Balaban J connectivity index is 1.38. The summed E-state index contributed by atoms with van der Waals surface area (Å²) in [5.41, 5.74) is 1.75. The number of aliphatic hydroxyl groups is 1. The Labute approximate surface area is 168 Å². The number of pyridine rings is 1. The van der Waals surface area contributed by atoms with E-state index in [4.69, 9.17) is 9.26 Å². The van der Waals surface area contributed by atoms with Crippen LogP contribution in [0, 0.1) is 0 Å². The van der Waals surface area contributed by atoms with Gasteiger partial charge in [-0.2, -0.15) is 4.98 Å². The predicted octanol–water partition coefficient (Wildman–Crippen LogP) is 2.58. The molecule has 1 aliphatic heterocycles. The van der Waals surface area contributed by atoms with Crippen LogP contribution in [0.4, 0.5) is 0 Å². The van der Waals surface area contributed by atoms with Gasteiger partial charge in [0, 0.05) is 24.4 Å². The zero-order chi connectivity index (χ0) is 20.1. The fourth-order valence-electron chi connectivity index (χ4n) is 3.17. The Kier molecular flexibility index (Phi) is 5.81. The first-order valence-electron chi connectivity index (χ1n) is 9.61. The molecule has 150 valence electrons. The number of ether oxygens (including phenoxy) is 1. The van der Waals surface area contributed by atoms with Crippen molar-refractivity contribution in [3.8, 4) is 17.3 Å². The van der Waals surface area contributed by atoms with Gasteiger partial charge in [0.05, 0.1) is 0 Å². The number of hydrogen-bond acceptors (Lipinski definition) is 7. The van der Waals surface area contributed by atoms with Gasteiger partial charge in [-0.1, -0.05) is 35.5 Å². The Morgan fingerprint density at radius 2 is 2.03 bits per heavy atom. The van der Waals surface area contributed by atoms with E-state index >= 15 is 0 Å². The summed E-state index contributed by atoms with van der Waals surface area (Å²) in [6.45, 7) is 1.20.